The van der Waals surface area contributed by atoms with Crippen molar-refractivity contribution in [3.8, 4) is 0 Å². The number of carbonyl (C=O) groups excluding carboxylic acids is 1. The second-order valence-corrected chi connectivity index (χ2v) is 11.1. The summed E-state index contributed by atoms with van der Waals surface area (Å²) in [5.74, 6) is 0. The highest BCUT2D eigenvalue weighted by Gasteiger charge is 2.17. The standard InChI is InChI=1S/C28H48O2/c1-23-20-24(2)26(17-13-9-11-15-19-28(6,7)30-22-29)21-25(23)16-12-8-10-14-18-27(3,4)5/h20-22H,8-19H2,1-7H3. The first-order valence-corrected chi connectivity index (χ1v) is 12.2. The van der Waals surface area contributed by atoms with Crippen LogP contribution in [-0.4, -0.2) is 12.1 Å². The van der Waals surface area contributed by atoms with Crippen LogP contribution in [0, 0.1) is 19.3 Å². The van der Waals surface area contributed by atoms with E-state index in [0.717, 1.165) is 12.8 Å². The van der Waals surface area contributed by atoms with Crippen LogP contribution < -0.4 is 0 Å². The summed E-state index contributed by atoms with van der Waals surface area (Å²) in [5.41, 5.74) is 6.15. The molecule has 1 rings (SSSR count). The van der Waals surface area contributed by atoms with Gasteiger partial charge in [0, 0.05) is 0 Å². The maximum atomic E-state index is 10.5. The number of rotatable bonds is 15. The van der Waals surface area contributed by atoms with Crippen molar-refractivity contribution in [2.24, 2.45) is 5.41 Å². The van der Waals surface area contributed by atoms with Gasteiger partial charge in [-0.25, -0.2) is 0 Å². The molecule has 2 heteroatoms. The van der Waals surface area contributed by atoms with Crippen molar-refractivity contribution in [1.82, 2.24) is 0 Å². The SMILES string of the molecule is Cc1cc(C)c(CCCCCCC(C)(C)OC=O)cc1CCCCCCC(C)(C)C. The number of hydrogen-bond acceptors (Lipinski definition) is 2. The van der Waals surface area contributed by atoms with Gasteiger partial charge in [-0.2, -0.15) is 0 Å². The smallest absolute Gasteiger partial charge is 0.293 e. The van der Waals surface area contributed by atoms with Crippen molar-refractivity contribution in [2.75, 3.05) is 0 Å². The summed E-state index contributed by atoms with van der Waals surface area (Å²) in [6.07, 6.45) is 14.9. The second-order valence-electron chi connectivity index (χ2n) is 11.1. The summed E-state index contributed by atoms with van der Waals surface area (Å²) in [4.78, 5) is 10.5. The van der Waals surface area contributed by atoms with E-state index in [1.54, 1.807) is 5.56 Å². The van der Waals surface area contributed by atoms with Crippen LogP contribution in [0.3, 0.4) is 0 Å². The Balaban J connectivity index is 2.35. The first-order chi connectivity index (χ1) is 14.0. The van der Waals surface area contributed by atoms with Gasteiger partial charge in [0.1, 0.15) is 5.60 Å². The number of ether oxygens (including phenoxy) is 1. The number of benzene rings is 1. The van der Waals surface area contributed by atoms with Gasteiger partial charge in [-0.1, -0.05) is 65.0 Å². The highest BCUT2D eigenvalue weighted by atomic mass is 16.5. The Kier molecular flexibility index (Phi) is 11.7. The van der Waals surface area contributed by atoms with E-state index in [9.17, 15) is 4.79 Å². The molecular weight excluding hydrogens is 368 g/mol. The van der Waals surface area contributed by atoms with Crippen LogP contribution in [-0.2, 0) is 22.4 Å². The number of unbranched alkanes of at least 4 members (excludes halogenated alkanes) is 6. The van der Waals surface area contributed by atoms with E-state index in [2.05, 4.69) is 46.8 Å². The molecule has 0 saturated carbocycles. The zero-order valence-electron chi connectivity index (χ0n) is 21.0. The molecule has 0 amide bonds. The van der Waals surface area contributed by atoms with Crippen LogP contribution in [0.25, 0.3) is 0 Å². The van der Waals surface area contributed by atoms with Crippen LogP contribution >= 0.6 is 0 Å². The van der Waals surface area contributed by atoms with Crippen molar-refractivity contribution in [2.45, 2.75) is 131 Å². The van der Waals surface area contributed by atoms with Crippen molar-refractivity contribution < 1.29 is 9.53 Å². The third kappa shape index (κ3) is 11.8. The predicted molar refractivity (Wildman–Crippen MR) is 130 cm³/mol. The topological polar surface area (TPSA) is 26.3 Å². The van der Waals surface area contributed by atoms with Crippen molar-refractivity contribution in [3.63, 3.8) is 0 Å². The zero-order valence-corrected chi connectivity index (χ0v) is 21.0. The normalized spacial score (nSPS) is 12.2. The molecule has 0 aliphatic rings. The molecule has 0 radical (unpaired) electrons. The van der Waals surface area contributed by atoms with Gasteiger partial charge in [0.15, 0.2) is 0 Å². The molecule has 2 nitrogen and oxygen atoms in total. The van der Waals surface area contributed by atoms with E-state index in [-0.39, 0.29) is 5.60 Å². The minimum atomic E-state index is -0.322. The molecule has 1 aromatic rings. The summed E-state index contributed by atoms with van der Waals surface area (Å²) in [5, 5.41) is 0. The Morgan fingerprint density at radius 3 is 1.63 bits per heavy atom. The molecule has 0 spiro atoms. The minimum Gasteiger partial charge on any atom is -0.462 e. The highest BCUT2D eigenvalue weighted by molar-refractivity contribution is 5.38. The largest absolute Gasteiger partial charge is 0.462 e. The Morgan fingerprint density at radius 1 is 0.700 bits per heavy atom. The number of carbonyl (C=O) groups is 1. The Hall–Kier alpha value is -1.31. The summed E-state index contributed by atoms with van der Waals surface area (Å²) in [7, 11) is 0. The van der Waals surface area contributed by atoms with Crippen molar-refractivity contribution in [1.29, 1.82) is 0 Å². The summed E-state index contributed by atoms with van der Waals surface area (Å²) < 4.78 is 5.13. The van der Waals surface area contributed by atoms with Gasteiger partial charge in [0.05, 0.1) is 0 Å². The lowest BCUT2D eigenvalue weighted by molar-refractivity contribution is -0.140. The molecule has 0 aromatic heterocycles. The van der Waals surface area contributed by atoms with Gasteiger partial charge in [0.2, 0.25) is 0 Å². The summed E-state index contributed by atoms with van der Waals surface area (Å²) >= 11 is 0. The number of aryl methyl sites for hydroxylation is 4. The van der Waals surface area contributed by atoms with Gasteiger partial charge < -0.3 is 4.74 Å². The molecule has 0 heterocycles. The zero-order chi connectivity index (χ0) is 22.6. The minimum absolute atomic E-state index is 0.322. The Labute approximate surface area is 187 Å². The molecule has 30 heavy (non-hydrogen) atoms. The fourth-order valence-corrected chi connectivity index (χ4v) is 4.22. The molecule has 0 N–H and O–H groups in total. The third-order valence-corrected chi connectivity index (χ3v) is 6.26. The molecule has 0 fully saturated rings. The third-order valence-electron chi connectivity index (χ3n) is 6.26. The quantitative estimate of drug-likeness (QED) is 0.212. The van der Waals surface area contributed by atoms with Gasteiger partial charge in [-0.05, 0) is 100 Å². The summed E-state index contributed by atoms with van der Waals surface area (Å²) in [6.45, 7) is 16.1. The van der Waals surface area contributed by atoms with Crippen LogP contribution in [0.1, 0.15) is 121 Å². The van der Waals surface area contributed by atoms with Crippen LogP contribution in [0.4, 0.5) is 0 Å². The highest BCUT2D eigenvalue weighted by Crippen LogP contribution is 2.24. The summed E-state index contributed by atoms with van der Waals surface area (Å²) in [6, 6.07) is 4.88. The second kappa shape index (κ2) is 13.2. The molecular formula is C28H48O2. The van der Waals surface area contributed by atoms with E-state index in [1.165, 1.54) is 80.9 Å². The molecule has 172 valence electrons. The molecule has 0 bridgehead atoms. The molecule has 0 atom stereocenters. The van der Waals surface area contributed by atoms with Gasteiger partial charge in [-0.15, -0.1) is 0 Å². The number of hydrogen-bond donors (Lipinski definition) is 0. The first kappa shape index (κ1) is 26.7. The average molecular weight is 417 g/mol. The lowest BCUT2D eigenvalue weighted by Gasteiger charge is -2.22. The predicted octanol–water partition coefficient (Wildman–Crippen LogP) is 8.29. The Morgan fingerprint density at radius 2 is 1.17 bits per heavy atom. The molecule has 0 aliphatic heterocycles. The molecule has 0 unspecified atom stereocenters. The first-order valence-electron chi connectivity index (χ1n) is 12.2. The van der Waals surface area contributed by atoms with E-state index in [0.29, 0.717) is 11.9 Å². The van der Waals surface area contributed by atoms with Crippen LogP contribution in [0.5, 0.6) is 0 Å². The molecule has 1 aromatic carbocycles. The maximum absolute atomic E-state index is 10.5. The van der Waals surface area contributed by atoms with Crippen LogP contribution in [0.2, 0.25) is 0 Å². The van der Waals surface area contributed by atoms with E-state index in [4.69, 9.17) is 4.74 Å². The van der Waals surface area contributed by atoms with Gasteiger partial charge in [0.25, 0.3) is 6.47 Å². The van der Waals surface area contributed by atoms with Gasteiger partial charge >= 0.3 is 0 Å². The van der Waals surface area contributed by atoms with Gasteiger partial charge in [-0.3, -0.25) is 4.79 Å². The monoisotopic (exact) mass is 416 g/mol. The van der Waals surface area contributed by atoms with E-state index >= 15 is 0 Å². The average Bonchev–Trinajstić information content (AvgIpc) is 2.62. The maximum Gasteiger partial charge on any atom is 0.293 e. The van der Waals surface area contributed by atoms with Crippen molar-refractivity contribution in [3.05, 3.63) is 34.4 Å². The van der Waals surface area contributed by atoms with E-state index in [1.807, 2.05) is 13.8 Å². The Bertz CT molecular complexity index is 622. The molecule has 0 saturated heterocycles. The fraction of sp³-hybridized carbons (Fsp3) is 0.750. The van der Waals surface area contributed by atoms with Crippen molar-refractivity contribution >= 4 is 6.47 Å². The van der Waals surface area contributed by atoms with E-state index < -0.39 is 0 Å². The van der Waals surface area contributed by atoms with Crippen LogP contribution in [0.15, 0.2) is 12.1 Å². The lowest BCUT2D eigenvalue weighted by atomic mass is 9.89. The fourth-order valence-electron chi connectivity index (χ4n) is 4.22. The lowest BCUT2D eigenvalue weighted by Crippen LogP contribution is -2.23. The molecule has 0 aliphatic carbocycles.